The Kier molecular flexibility index (Phi) is 4.90. The molecule has 116 valence electrons. The Hall–Kier alpha value is -0.420. The Morgan fingerprint density at radius 3 is 2.20 bits per heavy atom. The van der Waals surface area contributed by atoms with Crippen molar-refractivity contribution < 1.29 is 18.3 Å². The molecule has 0 heterocycles. The number of sulfone groups is 1. The van der Waals surface area contributed by atoms with E-state index in [0.717, 1.165) is 38.5 Å². The van der Waals surface area contributed by atoms with Crippen molar-refractivity contribution in [1.82, 2.24) is 0 Å². The summed E-state index contributed by atoms with van der Waals surface area (Å²) < 4.78 is 23.4. The fourth-order valence-corrected chi connectivity index (χ4v) is 4.89. The molecule has 2 aliphatic carbocycles. The summed E-state index contributed by atoms with van der Waals surface area (Å²) in [7, 11) is -3.08. The largest absolute Gasteiger partial charge is 0.382 e. The molecular formula is C15H26O4S. The maximum absolute atomic E-state index is 12.7. The van der Waals surface area contributed by atoms with E-state index in [0.29, 0.717) is 25.7 Å². The summed E-state index contributed by atoms with van der Waals surface area (Å²) in [5, 5.41) is 10.3. The third-order valence-corrected chi connectivity index (χ3v) is 6.63. The lowest BCUT2D eigenvalue weighted by atomic mass is 9.76. The van der Waals surface area contributed by atoms with Crippen LogP contribution in [-0.2, 0) is 14.6 Å². The van der Waals surface area contributed by atoms with Gasteiger partial charge >= 0.3 is 0 Å². The van der Waals surface area contributed by atoms with Gasteiger partial charge in [-0.05, 0) is 32.1 Å². The molecule has 0 aliphatic heterocycles. The smallest absolute Gasteiger partial charge is 0.167 e. The normalized spacial score (nSPS) is 31.5. The van der Waals surface area contributed by atoms with Crippen LogP contribution in [0.5, 0.6) is 0 Å². The van der Waals surface area contributed by atoms with E-state index in [1.165, 1.54) is 6.26 Å². The fourth-order valence-electron chi connectivity index (χ4n) is 3.71. The third-order valence-electron chi connectivity index (χ3n) is 4.99. The van der Waals surface area contributed by atoms with Gasteiger partial charge < -0.3 is 5.11 Å². The molecule has 0 saturated heterocycles. The summed E-state index contributed by atoms with van der Waals surface area (Å²) in [5.74, 6) is -0.362. The highest BCUT2D eigenvalue weighted by Gasteiger charge is 2.42. The lowest BCUT2D eigenvalue weighted by Crippen LogP contribution is -2.44. The molecule has 2 fully saturated rings. The molecule has 0 amide bonds. The molecular weight excluding hydrogens is 276 g/mol. The van der Waals surface area contributed by atoms with Crippen molar-refractivity contribution in [2.75, 3.05) is 6.26 Å². The number of carbonyl (C=O) groups excluding carboxylic acids is 1. The van der Waals surface area contributed by atoms with Crippen molar-refractivity contribution in [3.8, 4) is 0 Å². The second kappa shape index (κ2) is 6.14. The van der Waals surface area contributed by atoms with Crippen LogP contribution in [0.3, 0.4) is 0 Å². The molecule has 0 radical (unpaired) electrons. The van der Waals surface area contributed by atoms with E-state index < -0.39 is 20.7 Å². The molecule has 2 unspecified atom stereocenters. The summed E-state index contributed by atoms with van der Waals surface area (Å²) in [6.45, 7) is 0. The number of rotatable bonds is 3. The maximum Gasteiger partial charge on any atom is 0.167 e. The molecule has 0 aromatic carbocycles. The topological polar surface area (TPSA) is 71.4 Å². The first-order valence-electron chi connectivity index (χ1n) is 7.78. The zero-order chi connectivity index (χ0) is 14.8. The second-order valence-corrected chi connectivity index (χ2v) is 8.95. The highest BCUT2D eigenvalue weighted by Crippen LogP contribution is 2.36. The summed E-state index contributed by atoms with van der Waals surface area (Å²) >= 11 is 0. The van der Waals surface area contributed by atoms with E-state index in [-0.39, 0.29) is 11.7 Å². The molecule has 20 heavy (non-hydrogen) atoms. The SMILES string of the molecule is CS(=O)(=O)C1CCCC(C(=O)C2(O)CCCCCC2)C1. The van der Waals surface area contributed by atoms with Gasteiger partial charge in [0.15, 0.2) is 5.78 Å². The maximum atomic E-state index is 12.7. The van der Waals surface area contributed by atoms with Crippen LogP contribution in [0.2, 0.25) is 0 Å². The number of hydrogen-bond acceptors (Lipinski definition) is 4. The van der Waals surface area contributed by atoms with Crippen LogP contribution in [-0.4, -0.2) is 36.4 Å². The lowest BCUT2D eigenvalue weighted by Gasteiger charge is -2.33. The van der Waals surface area contributed by atoms with Gasteiger partial charge in [-0.15, -0.1) is 0 Å². The number of aliphatic hydroxyl groups is 1. The first-order valence-corrected chi connectivity index (χ1v) is 9.74. The number of ketones is 1. The second-order valence-electron chi connectivity index (χ2n) is 6.63. The summed E-state index contributed by atoms with van der Waals surface area (Å²) in [6.07, 6.45) is 8.84. The van der Waals surface area contributed by atoms with Crippen LogP contribution in [0.15, 0.2) is 0 Å². The highest BCUT2D eigenvalue weighted by molar-refractivity contribution is 7.91. The third kappa shape index (κ3) is 3.61. The van der Waals surface area contributed by atoms with Gasteiger partial charge in [0.25, 0.3) is 0 Å². The molecule has 0 spiro atoms. The predicted octanol–water partition coefficient (Wildman–Crippen LogP) is 2.24. The van der Waals surface area contributed by atoms with Crippen LogP contribution in [0.4, 0.5) is 0 Å². The van der Waals surface area contributed by atoms with E-state index >= 15 is 0 Å². The van der Waals surface area contributed by atoms with E-state index in [1.807, 2.05) is 0 Å². The molecule has 2 saturated carbocycles. The van der Waals surface area contributed by atoms with Gasteiger partial charge in [-0.3, -0.25) is 4.79 Å². The molecule has 2 rings (SSSR count). The quantitative estimate of drug-likeness (QED) is 0.812. The van der Waals surface area contributed by atoms with Crippen molar-refractivity contribution in [2.24, 2.45) is 5.92 Å². The summed E-state index contributed by atoms with van der Waals surface area (Å²) in [5.41, 5.74) is -1.19. The van der Waals surface area contributed by atoms with Crippen LogP contribution in [0.1, 0.15) is 64.2 Å². The van der Waals surface area contributed by atoms with Crippen LogP contribution in [0, 0.1) is 5.92 Å². The molecule has 2 aliphatic rings. The van der Waals surface area contributed by atoms with Crippen LogP contribution >= 0.6 is 0 Å². The minimum Gasteiger partial charge on any atom is -0.382 e. The van der Waals surface area contributed by atoms with E-state index in [1.54, 1.807) is 0 Å². The predicted molar refractivity (Wildman–Crippen MR) is 78.2 cm³/mol. The number of Topliss-reactive ketones (excluding diaryl/α,β-unsaturated/α-hetero) is 1. The Labute approximate surface area is 121 Å². The van der Waals surface area contributed by atoms with Crippen molar-refractivity contribution >= 4 is 15.6 Å². The van der Waals surface area contributed by atoms with E-state index in [4.69, 9.17) is 0 Å². The van der Waals surface area contributed by atoms with Gasteiger partial charge in [0.1, 0.15) is 15.4 Å². The van der Waals surface area contributed by atoms with Gasteiger partial charge in [0, 0.05) is 12.2 Å². The molecule has 0 bridgehead atoms. The van der Waals surface area contributed by atoms with Crippen molar-refractivity contribution in [3.63, 3.8) is 0 Å². The number of hydrogen-bond donors (Lipinski definition) is 1. The van der Waals surface area contributed by atoms with Crippen LogP contribution in [0.25, 0.3) is 0 Å². The monoisotopic (exact) mass is 302 g/mol. The van der Waals surface area contributed by atoms with Gasteiger partial charge in [-0.1, -0.05) is 32.1 Å². The molecule has 2 atom stereocenters. The molecule has 0 aromatic rings. The Morgan fingerprint density at radius 1 is 1.05 bits per heavy atom. The Bertz CT molecular complexity index is 446. The highest BCUT2D eigenvalue weighted by atomic mass is 32.2. The molecule has 0 aromatic heterocycles. The summed E-state index contributed by atoms with van der Waals surface area (Å²) in [4.78, 5) is 12.7. The van der Waals surface area contributed by atoms with Gasteiger partial charge in [-0.25, -0.2) is 8.42 Å². The van der Waals surface area contributed by atoms with Crippen LogP contribution < -0.4 is 0 Å². The van der Waals surface area contributed by atoms with Gasteiger partial charge in [-0.2, -0.15) is 0 Å². The minimum atomic E-state index is -3.08. The van der Waals surface area contributed by atoms with Gasteiger partial charge in [0.2, 0.25) is 0 Å². The zero-order valence-corrected chi connectivity index (χ0v) is 13.1. The number of carbonyl (C=O) groups is 1. The molecule has 4 nitrogen and oxygen atoms in total. The molecule has 1 N–H and O–H groups in total. The Morgan fingerprint density at radius 2 is 1.65 bits per heavy atom. The Balaban J connectivity index is 2.08. The van der Waals surface area contributed by atoms with Crippen molar-refractivity contribution in [2.45, 2.75) is 75.1 Å². The first kappa shape index (κ1) is 16.0. The minimum absolute atomic E-state index is 0.0900. The van der Waals surface area contributed by atoms with Crippen molar-refractivity contribution in [1.29, 1.82) is 0 Å². The molecule has 5 heteroatoms. The average Bonchev–Trinajstić information content (AvgIpc) is 2.63. The van der Waals surface area contributed by atoms with Crippen molar-refractivity contribution in [3.05, 3.63) is 0 Å². The standard InChI is InChI=1S/C15H26O4S/c1-20(18,19)13-8-6-7-12(11-13)14(16)15(17)9-4-2-3-5-10-15/h12-13,17H,2-11H2,1H3. The lowest BCUT2D eigenvalue weighted by molar-refractivity contribution is -0.144. The average molecular weight is 302 g/mol. The van der Waals surface area contributed by atoms with E-state index in [9.17, 15) is 18.3 Å². The van der Waals surface area contributed by atoms with Gasteiger partial charge in [0.05, 0.1) is 5.25 Å². The summed E-state index contributed by atoms with van der Waals surface area (Å²) in [6, 6.07) is 0. The first-order chi connectivity index (χ1) is 9.33. The zero-order valence-electron chi connectivity index (χ0n) is 12.3. The van der Waals surface area contributed by atoms with E-state index in [2.05, 4.69) is 0 Å². The fraction of sp³-hybridized carbons (Fsp3) is 0.933.